The number of hydrogen-bond donors (Lipinski definition) is 0. The summed E-state index contributed by atoms with van der Waals surface area (Å²) in [5.41, 5.74) is 0. The van der Waals surface area contributed by atoms with Crippen molar-refractivity contribution in [3.63, 3.8) is 0 Å². The third-order valence-electron chi connectivity index (χ3n) is 1.91. The molecule has 0 N–H and O–H groups in total. The van der Waals surface area contributed by atoms with Gasteiger partial charge in [0.05, 0.1) is 12.2 Å². The van der Waals surface area contributed by atoms with Gasteiger partial charge in [0.2, 0.25) is 0 Å². The molecule has 1 aliphatic rings. The van der Waals surface area contributed by atoms with Crippen LogP contribution in [0.4, 0.5) is 0 Å². The summed E-state index contributed by atoms with van der Waals surface area (Å²) in [6.07, 6.45) is 1.02. The maximum absolute atomic E-state index is 5.25. The van der Waals surface area contributed by atoms with Crippen molar-refractivity contribution < 1.29 is 4.74 Å². The zero-order valence-electron chi connectivity index (χ0n) is 5.14. The molecule has 7 heavy (non-hydrogen) atoms. The lowest BCUT2D eigenvalue weighted by atomic mass is 9.94. The van der Waals surface area contributed by atoms with Crippen LogP contribution in [0, 0.1) is 5.92 Å². The van der Waals surface area contributed by atoms with E-state index in [1.54, 1.807) is 0 Å². The summed E-state index contributed by atoms with van der Waals surface area (Å²) in [4.78, 5) is 0. The van der Waals surface area contributed by atoms with E-state index < -0.39 is 0 Å². The Morgan fingerprint density at radius 1 is 1.00 bits per heavy atom. The number of hydrogen-bond acceptors (Lipinski definition) is 1. The second-order valence-corrected chi connectivity index (χ2v) is 2.41. The molecule has 1 saturated heterocycles. The molecule has 42 valence electrons. The first-order valence-electron chi connectivity index (χ1n) is 2.87. The fourth-order valence-corrected chi connectivity index (χ4v) is 0.879. The van der Waals surface area contributed by atoms with Crippen LogP contribution in [0.2, 0.25) is 0 Å². The second-order valence-electron chi connectivity index (χ2n) is 2.41. The van der Waals surface area contributed by atoms with Gasteiger partial charge in [-0.3, -0.25) is 0 Å². The standard InChI is InChI=1S/C6H12O/c1-4-5(2)7-6(4)3/h4-6H,1-3H3/t4?,5-,6+. The highest BCUT2D eigenvalue weighted by Crippen LogP contribution is 2.26. The minimum atomic E-state index is 0.509. The topological polar surface area (TPSA) is 9.23 Å². The van der Waals surface area contributed by atoms with Crippen molar-refractivity contribution in [2.24, 2.45) is 5.92 Å². The maximum Gasteiger partial charge on any atom is 0.0600 e. The molecular weight excluding hydrogens is 88.1 g/mol. The molecule has 0 aromatic carbocycles. The van der Waals surface area contributed by atoms with Crippen LogP contribution < -0.4 is 0 Å². The molecule has 0 bridgehead atoms. The smallest absolute Gasteiger partial charge is 0.0600 e. The molecule has 1 rings (SSSR count). The van der Waals surface area contributed by atoms with Gasteiger partial charge in [0.1, 0.15) is 0 Å². The molecule has 1 heterocycles. The summed E-state index contributed by atoms with van der Waals surface area (Å²) >= 11 is 0. The highest BCUT2D eigenvalue weighted by Gasteiger charge is 2.31. The minimum absolute atomic E-state index is 0.509. The zero-order valence-corrected chi connectivity index (χ0v) is 5.14. The average Bonchev–Trinajstić information content (AvgIpc) is 1.68. The molecule has 1 aliphatic heterocycles. The van der Waals surface area contributed by atoms with Gasteiger partial charge in [-0.2, -0.15) is 0 Å². The molecule has 0 saturated carbocycles. The van der Waals surface area contributed by atoms with E-state index in [9.17, 15) is 0 Å². The van der Waals surface area contributed by atoms with Crippen LogP contribution in [-0.2, 0) is 4.74 Å². The minimum Gasteiger partial charge on any atom is -0.375 e. The van der Waals surface area contributed by atoms with Crippen molar-refractivity contribution in [2.45, 2.75) is 33.0 Å². The van der Waals surface area contributed by atoms with Gasteiger partial charge in [0, 0.05) is 5.92 Å². The molecule has 0 aromatic heterocycles. The number of rotatable bonds is 0. The van der Waals surface area contributed by atoms with E-state index in [0.29, 0.717) is 12.2 Å². The van der Waals surface area contributed by atoms with Crippen LogP contribution in [0.15, 0.2) is 0 Å². The van der Waals surface area contributed by atoms with Gasteiger partial charge in [0.25, 0.3) is 0 Å². The predicted octanol–water partition coefficient (Wildman–Crippen LogP) is 1.43. The highest BCUT2D eigenvalue weighted by molar-refractivity contribution is 4.77. The van der Waals surface area contributed by atoms with Crippen LogP contribution >= 0.6 is 0 Å². The van der Waals surface area contributed by atoms with Crippen LogP contribution in [-0.4, -0.2) is 12.2 Å². The third kappa shape index (κ3) is 0.653. The van der Waals surface area contributed by atoms with Crippen molar-refractivity contribution in [1.29, 1.82) is 0 Å². The molecule has 1 heteroatoms. The Hall–Kier alpha value is -0.0400. The Kier molecular flexibility index (Phi) is 1.08. The fourth-order valence-electron chi connectivity index (χ4n) is 0.879. The van der Waals surface area contributed by atoms with Crippen LogP contribution in [0.25, 0.3) is 0 Å². The van der Waals surface area contributed by atoms with E-state index in [2.05, 4.69) is 20.8 Å². The van der Waals surface area contributed by atoms with Crippen molar-refractivity contribution in [3.8, 4) is 0 Å². The first-order chi connectivity index (χ1) is 3.22. The van der Waals surface area contributed by atoms with Gasteiger partial charge in [-0.05, 0) is 13.8 Å². The van der Waals surface area contributed by atoms with E-state index in [-0.39, 0.29) is 0 Å². The molecule has 0 radical (unpaired) electrons. The summed E-state index contributed by atoms with van der Waals surface area (Å²) in [5.74, 6) is 0.778. The predicted molar refractivity (Wildman–Crippen MR) is 29.2 cm³/mol. The van der Waals surface area contributed by atoms with E-state index in [1.807, 2.05) is 0 Å². The molecule has 3 atom stereocenters. The van der Waals surface area contributed by atoms with Crippen LogP contribution in [0.5, 0.6) is 0 Å². The summed E-state index contributed by atoms with van der Waals surface area (Å²) in [6, 6.07) is 0. The number of ether oxygens (including phenoxy) is 1. The largest absolute Gasteiger partial charge is 0.375 e. The first-order valence-corrected chi connectivity index (χ1v) is 2.87. The Balaban J connectivity index is 2.29. The molecule has 1 unspecified atom stereocenters. The molecule has 0 aliphatic carbocycles. The Bertz CT molecular complexity index is 62.6. The SMILES string of the molecule is CC1[C@H](C)O[C@@H]1C. The third-order valence-corrected chi connectivity index (χ3v) is 1.91. The van der Waals surface area contributed by atoms with Gasteiger partial charge in [0.15, 0.2) is 0 Å². The van der Waals surface area contributed by atoms with Crippen molar-refractivity contribution in [1.82, 2.24) is 0 Å². The van der Waals surface area contributed by atoms with Gasteiger partial charge in [-0.25, -0.2) is 0 Å². The second kappa shape index (κ2) is 1.48. The Morgan fingerprint density at radius 3 is 1.43 bits per heavy atom. The summed E-state index contributed by atoms with van der Waals surface area (Å²) in [6.45, 7) is 6.45. The van der Waals surface area contributed by atoms with E-state index in [0.717, 1.165) is 5.92 Å². The molecule has 0 amide bonds. The van der Waals surface area contributed by atoms with E-state index >= 15 is 0 Å². The average molecular weight is 100 g/mol. The van der Waals surface area contributed by atoms with Crippen molar-refractivity contribution >= 4 is 0 Å². The van der Waals surface area contributed by atoms with E-state index in [4.69, 9.17) is 4.74 Å². The molecular formula is C6H12O. The molecule has 1 nitrogen and oxygen atoms in total. The lowest BCUT2D eigenvalue weighted by molar-refractivity contribution is -0.156. The van der Waals surface area contributed by atoms with Gasteiger partial charge >= 0.3 is 0 Å². The zero-order chi connectivity index (χ0) is 5.44. The van der Waals surface area contributed by atoms with Crippen molar-refractivity contribution in [3.05, 3.63) is 0 Å². The Morgan fingerprint density at radius 2 is 1.43 bits per heavy atom. The summed E-state index contributed by atoms with van der Waals surface area (Å²) in [5, 5.41) is 0. The van der Waals surface area contributed by atoms with Gasteiger partial charge in [-0.1, -0.05) is 6.92 Å². The van der Waals surface area contributed by atoms with Crippen LogP contribution in [0.1, 0.15) is 20.8 Å². The van der Waals surface area contributed by atoms with E-state index in [1.165, 1.54) is 0 Å². The van der Waals surface area contributed by atoms with Gasteiger partial charge < -0.3 is 4.74 Å². The van der Waals surface area contributed by atoms with Gasteiger partial charge in [-0.15, -0.1) is 0 Å². The molecule has 0 spiro atoms. The Labute approximate surface area is 44.7 Å². The lowest BCUT2D eigenvalue weighted by Crippen LogP contribution is -2.42. The normalized spacial score (nSPS) is 51.0. The summed E-state index contributed by atoms with van der Waals surface area (Å²) < 4.78 is 5.25. The quantitative estimate of drug-likeness (QED) is 0.447. The first kappa shape index (κ1) is 5.10. The fraction of sp³-hybridized carbons (Fsp3) is 1.00. The molecule has 1 fully saturated rings. The van der Waals surface area contributed by atoms with Crippen molar-refractivity contribution in [2.75, 3.05) is 0 Å². The van der Waals surface area contributed by atoms with Crippen LogP contribution in [0.3, 0.4) is 0 Å². The molecule has 0 aromatic rings. The maximum atomic E-state index is 5.25. The lowest BCUT2D eigenvalue weighted by Gasteiger charge is -2.38. The monoisotopic (exact) mass is 100 g/mol. The highest BCUT2D eigenvalue weighted by atomic mass is 16.5. The summed E-state index contributed by atoms with van der Waals surface area (Å²) in [7, 11) is 0.